The normalized spacial score (nSPS) is 19.1. The van der Waals surface area contributed by atoms with Gasteiger partial charge in [-0.25, -0.2) is 13.8 Å². The highest BCUT2D eigenvalue weighted by atomic mass is 127. The van der Waals surface area contributed by atoms with Crippen molar-refractivity contribution >= 4 is 74.6 Å². The Morgan fingerprint density at radius 2 is 1.90 bits per heavy atom. The zero-order valence-electron chi connectivity index (χ0n) is 28.4. The lowest BCUT2D eigenvalue weighted by Gasteiger charge is -2.32. The summed E-state index contributed by atoms with van der Waals surface area (Å²) >= 11 is 6.93. The monoisotopic (exact) mass is 830 g/mol. The highest BCUT2D eigenvalue weighted by Gasteiger charge is 2.33. The summed E-state index contributed by atoms with van der Waals surface area (Å²) in [6.45, 7) is 8.79. The average molecular weight is 831 g/mol. The molecule has 2 atom stereocenters. The van der Waals surface area contributed by atoms with Gasteiger partial charge in [-0.05, 0) is 90.5 Å². The van der Waals surface area contributed by atoms with Crippen LogP contribution in [0.4, 0.5) is 8.78 Å². The smallest absolute Gasteiger partial charge is 0.308 e. The van der Waals surface area contributed by atoms with E-state index in [2.05, 4.69) is 79.3 Å². The van der Waals surface area contributed by atoms with Crippen LogP contribution in [0, 0.1) is 23.0 Å². The highest BCUT2D eigenvalue weighted by Crippen LogP contribution is 2.44. The number of ether oxygens (including phenoxy) is 1. The molecule has 0 amide bonds. The van der Waals surface area contributed by atoms with E-state index in [1.807, 2.05) is 33.7 Å². The lowest BCUT2D eigenvalue weighted by Crippen LogP contribution is -2.26. The molecule has 3 heterocycles. The molecule has 0 saturated heterocycles. The van der Waals surface area contributed by atoms with E-state index >= 15 is 8.78 Å². The minimum atomic E-state index is -0.431. The maximum absolute atomic E-state index is 15.9. The van der Waals surface area contributed by atoms with Crippen molar-refractivity contribution in [2.45, 2.75) is 75.0 Å². The number of thiazole rings is 1. The molecule has 2 aromatic heterocycles. The molecule has 0 radical (unpaired) electrons. The first-order chi connectivity index (χ1) is 23.4. The van der Waals surface area contributed by atoms with E-state index in [1.54, 1.807) is 12.1 Å². The molecule has 1 unspecified atom stereocenters. The number of aromatic nitrogens is 2. The van der Waals surface area contributed by atoms with Crippen LogP contribution in [0.1, 0.15) is 69.3 Å². The molecule has 0 N–H and O–H groups in total. The van der Waals surface area contributed by atoms with E-state index in [9.17, 15) is 4.79 Å². The van der Waals surface area contributed by atoms with Crippen LogP contribution >= 0.6 is 57.7 Å². The number of esters is 1. The van der Waals surface area contributed by atoms with Gasteiger partial charge < -0.3 is 4.74 Å². The van der Waals surface area contributed by atoms with Gasteiger partial charge in [-0.2, -0.15) is 11.8 Å². The van der Waals surface area contributed by atoms with E-state index in [1.165, 1.54) is 36.3 Å². The lowest BCUT2D eigenvalue weighted by molar-refractivity contribution is -0.144. The Kier molecular flexibility index (Phi) is 11.2. The number of hydrogen-bond donors (Lipinski definition) is 0. The van der Waals surface area contributed by atoms with E-state index < -0.39 is 5.41 Å². The topological polar surface area (TPSA) is 44.1 Å². The summed E-state index contributed by atoms with van der Waals surface area (Å²) in [6, 6.07) is 17.1. The molecule has 0 fully saturated rings. The van der Waals surface area contributed by atoms with Crippen LogP contribution in [0.25, 0.3) is 21.5 Å². The maximum Gasteiger partial charge on any atom is 0.308 e. The van der Waals surface area contributed by atoms with Crippen LogP contribution < -0.4 is 0 Å². The van der Waals surface area contributed by atoms with E-state index in [4.69, 9.17) is 9.72 Å². The summed E-state index contributed by atoms with van der Waals surface area (Å²) in [5.41, 5.74) is 5.06. The summed E-state index contributed by atoms with van der Waals surface area (Å²) in [4.78, 5) is 18.7. The fourth-order valence-electron chi connectivity index (χ4n) is 6.74. The number of halogens is 3. The van der Waals surface area contributed by atoms with Gasteiger partial charge in [-0.3, -0.25) is 7.58 Å². The second-order valence-electron chi connectivity index (χ2n) is 14.0. The molecule has 10 heteroatoms. The highest BCUT2D eigenvalue weighted by molar-refractivity contribution is 14.1. The number of hydrogen-bond acceptors (Lipinski definition) is 6. The molecule has 258 valence electrons. The fraction of sp³-hybridized carbons (Fsp3) is 0.385. The van der Waals surface area contributed by atoms with Crippen LogP contribution in [0.15, 0.2) is 76.0 Å². The predicted octanol–water partition coefficient (Wildman–Crippen LogP) is 11.5. The Morgan fingerprint density at radius 1 is 1.08 bits per heavy atom. The van der Waals surface area contributed by atoms with Crippen molar-refractivity contribution in [2.75, 3.05) is 18.6 Å². The quantitative estimate of drug-likeness (QED) is 0.133. The molecular formula is C39H41F2IN2O2S3. The molecule has 4 bridgehead atoms. The van der Waals surface area contributed by atoms with Crippen molar-refractivity contribution in [3.05, 3.63) is 100 Å². The number of thioether (sulfide) groups is 1. The predicted molar refractivity (Wildman–Crippen MR) is 209 cm³/mol. The Morgan fingerprint density at radius 3 is 2.69 bits per heavy atom. The van der Waals surface area contributed by atoms with Crippen LogP contribution in [0.2, 0.25) is 0 Å². The summed E-state index contributed by atoms with van der Waals surface area (Å²) < 4.78 is 38.4. The number of rotatable bonds is 4. The zero-order chi connectivity index (χ0) is 34.9. The second kappa shape index (κ2) is 15.1. The van der Waals surface area contributed by atoms with Gasteiger partial charge in [0.05, 0.1) is 52.0 Å². The van der Waals surface area contributed by atoms with Crippen LogP contribution in [-0.2, 0) is 27.8 Å². The number of nitrogens with zero attached hydrogens (tertiary/aromatic N) is 2. The van der Waals surface area contributed by atoms with Crippen LogP contribution in [0.5, 0.6) is 0 Å². The first-order valence-corrected chi connectivity index (χ1v) is 20.4. The van der Waals surface area contributed by atoms with Crippen molar-refractivity contribution in [1.29, 1.82) is 0 Å². The van der Waals surface area contributed by atoms with Gasteiger partial charge in [0, 0.05) is 38.9 Å². The molecule has 3 aromatic carbocycles. The molecule has 0 saturated carbocycles. The van der Waals surface area contributed by atoms with Crippen molar-refractivity contribution < 1.29 is 18.3 Å². The van der Waals surface area contributed by atoms with Crippen molar-refractivity contribution in [1.82, 2.24) is 7.76 Å². The summed E-state index contributed by atoms with van der Waals surface area (Å²) in [5, 5.41) is 3.73. The van der Waals surface area contributed by atoms with Gasteiger partial charge in [0.1, 0.15) is 16.6 Å². The van der Waals surface area contributed by atoms with E-state index in [-0.39, 0.29) is 28.9 Å². The third kappa shape index (κ3) is 7.92. The molecular weight excluding hydrogens is 790 g/mol. The third-order valence-electron chi connectivity index (χ3n) is 9.64. The number of methoxy groups -OCH3 is 1. The molecule has 4 nitrogen and oxygen atoms in total. The Labute approximate surface area is 314 Å². The molecule has 1 aliphatic heterocycles. The SMILES string of the molecule is COC(=O)C(C)Cc1cccc([C@@]2(C)CCCC(C)(C)CSCCc3c(c(F)cc4c3ccn4I)Sc3ccc(F)c(c3)-c3nc2cs3)c1. The summed E-state index contributed by atoms with van der Waals surface area (Å²) in [5.74, 6) is 0.793. The number of aryl methyl sites for hydroxylation is 1. The van der Waals surface area contributed by atoms with E-state index in [0.29, 0.717) is 21.9 Å². The van der Waals surface area contributed by atoms with Crippen LogP contribution in [-0.4, -0.2) is 32.3 Å². The Bertz CT molecular complexity index is 1990. The van der Waals surface area contributed by atoms with Gasteiger partial charge in [0.25, 0.3) is 0 Å². The maximum atomic E-state index is 15.9. The minimum absolute atomic E-state index is 0.100. The summed E-state index contributed by atoms with van der Waals surface area (Å²) in [7, 11) is 1.42. The zero-order valence-corrected chi connectivity index (χ0v) is 33.1. The first kappa shape index (κ1) is 36.4. The molecule has 0 aliphatic carbocycles. The second-order valence-corrected chi connectivity index (χ2v) is 18.1. The van der Waals surface area contributed by atoms with Gasteiger partial charge in [-0.15, -0.1) is 11.3 Å². The molecule has 1 aliphatic rings. The van der Waals surface area contributed by atoms with Gasteiger partial charge in [-0.1, -0.05) is 63.2 Å². The van der Waals surface area contributed by atoms with Gasteiger partial charge in [0.2, 0.25) is 0 Å². The Hall–Kier alpha value is -2.41. The fourth-order valence-corrected chi connectivity index (χ4v) is 10.5. The standard InChI is InChI=1S/C39H41F2IN2O2S3/c1-24(37(45)46-5)18-25-8-6-9-26(19-25)39(4)15-7-14-38(2,3)23-47-17-13-29-28-12-16-44(42)33(28)21-32(41)35(29)49-27-10-11-31(40)30(20-27)36-43-34(39)22-48-36/h6,8-12,16,19-22,24H,7,13-15,17-18,23H2,1-5H3/t24?,39-/m1/s1. The van der Waals surface area contributed by atoms with Crippen molar-refractivity contribution in [3.63, 3.8) is 0 Å². The average Bonchev–Trinajstić information content (AvgIpc) is 3.71. The van der Waals surface area contributed by atoms with E-state index in [0.717, 1.165) is 75.4 Å². The minimum Gasteiger partial charge on any atom is -0.469 e. The van der Waals surface area contributed by atoms with Gasteiger partial charge in [0.15, 0.2) is 0 Å². The van der Waals surface area contributed by atoms with Crippen molar-refractivity contribution in [3.8, 4) is 10.6 Å². The number of carbonyl (C=O) groups is 1. The van der Waals surface area contributed by atoms with Crippen LogP contribution in [0.3, 0.4) is 0 Å². The molecule has 0 spiro atoms. The number of fused-ring (bicyclic) bond motifs is 8. The third-order valence-corrected chi connectivity index (χ3v) is 14.0. The number of carbonyl (C=O) groups excluding carboxylic acids is 1. The first-order valence-electron chi connectivity index (χ1n) is 16.6. The lowest BCUT2D eigenvalue weighted by atomic mass is 9.74. The molecule has 6 rings (SSSR count). The van der Waals surface area contributed by atoms with Crippen molar-refractivity contribution in [2.24, 2.45) is 11.3 Å². The molecule has 5 aromatic rings. The molecule has 49 heavy (non-hydrogen) atoms. The van der Waals surface area contributed by atoms with Gasteiger partial charge >= 0.3 is 5.97 Å². The number of benzene rings is 3. The Balaban J connectivity index is 1.43. The summed E-state index contributed by atoms with van der Waals surface area (Å²) in [6.07, 6.45) is 6.18. The largest absolute Gasteiger partial charge is 0.469 e.